The highest BCUT2D eigenvalue weighted by Crippen LogP contribution is 2.55. The summed E-state index contributed by atoms with van der Waals surface area (Å²) in [6, 6.07) is 51.6. The van der Waals surface area contributed by atoms with Gasteiger partial charge in [0, 0.05) is 47.1 Å². The van der Waals surface area contributed by atoms with Crippen LogP contribution in [0.2, 0.25) is 0 Å². The largest absolute Gasteiger partial charge is 0.241 e. The Hall–Kier alpha value is -5.87. The average Bonchev–Trinajstić information content (AvgIpc) is 3.81. The van der Waals surface area contributed by atoms with Crippen molar-refractivity contribution in [1.29, 1.82) is 0 Å². The molecule has 11 rings (SSSR count). The van der Waals surface area contributed by atoms with Gasteiger partial charge in [-0.2, -0.15) is 0 Å². The molecule has 1 nitrogen and oxygen atoms in total. The van der Waals surface area contributed by atoms with Gasteiger partial charge in [0.25, 0.3) is 0 Å². The number of hydrogen-bond acceptors (Lipinski definition) is 3. The summed E-state index contributed by atoms with van der Waals surface area (Å²) >= 11 is 3.79. The fourth-order valence-corrected chi connectivity index (χ4v) is 11.7. The fraction of sp³-hybridized carbons (Fsp3) is 0.0962. The lowest BCUT2D eigenvalue weighted by Crippen LogP contribution is -2.17. The highest BCUT2D eigenvalue weighted by molar-refractivity contribution is 7.26. The quantitative estimate of drug-likeness (QED) is 0.160. The number of benzene rings is 7. The molecule has 7 aromatic carbocycles. The first-order valence-corrected chi connectivity index (χ1v) is 20.9. The Bertz CT molecular complexity index is 3230. The van der Waals surface area contributed by atoms with Crippen LogP contribution in [0.4, 0.5) is 0 Å². The van der Waals surface area contributed by atoms with Gasteiger partial charge in [-0.05, 0) is 105 Å². The summed E-state index contributed by atoms with van der Waals surface area (Å²) in [5.41, 5.74) is 11.9. The Kier molecular flexibility index (Phi) is 7.62. The van der Waals surface area contributed by atoms with Crippen LogP contribution in [0.1, 0.15) is 46.4 Å². The van der Waals surface area contributed by atoms with Crippen LogP contribution in [0, 0.1) is 6.92 Å². The smallest absolute Gasteiger partial charge is 0.124 e. The lowest BCUT2D eigenvalue weighted by atomic mass is 9.72. The highest BCUT2D eigenvalue weighted by atomic mass is 32.1. The van der Waals surface area contributed by atoms with Gasteiger partial charge < -0.3 is 0 Å². The van der Waals surface area contributed by atoms with Gasteiger partial charge in [0.05, 0.1) is 5.69 Å². The predicted octanol–water partition coefficient (Wildman–Crippen LogP) is 15.0. The van der Waals surface area contributed by atoms with Gasteiger partial charge in [0.15, 0.2) is 0 Å². The number of aryl methyl sites for hydroxylation is 1. The van der Waals surface area contributed by atoms with E-state index in [2.05, 4.69) is 172 Å². The Morgan fingerprint density at radius 2 is 1.45 bits per heavy atom. The summed E-state index contributed by atoms with van der Waals surface area (Å²) in [6.45, 7) is 4.47. The van der Waals surface area contributed by atoms with E-state index in [1.54, 1.807) is 0 Å². The number of rotatable bonds is 5. The molecule has 1 unspecified atom stereocenters. The van der Waals surface area contributed by atoms with Crippen molar-refractivity contribution >= 4 is 90.3 Å². The molecule has 0 saturated carbocycles. The summed E-state index contributed by atoms with van der Waals surface area (Å²) in [5.74, 6) is 0.0529. The minimum atomic E-state index is 0.0529. The zero-order valence-electron chi connectivity index (χ0n) is 30.8. The third kappa shape index (κ3) is 5.07. The van der Waals surface area contributed by atoms with Gasteiger partial charge in [-0.1, -0.05) is 140 Å². The van der Waals surface area contributed by atoms with E-state index in [1.807, 2.05) is 22.7 Å². The average molecular weight is 740 g/mol. The molecule has 1 aliphatic carbocycles. The van der Waals surface area contributed by atoms with Crippen molar-refractivity contribution in [3.8, 4) is 11.1 Å². The maximum absolute atomic E-state index is 5.81. The number of aromatic nitrogens is 1. The number of nitrogens with zero attached hydrogens (tertiary/aromatic N) is 1. The van der Waals surface area contributed by atoms with Crippen LogP contribution < -0.4 is 0 Å². The maximum atomic E-state index is 5.81. The molecular weight excluding hydrogens is 703 g/mol. The van der Waals surface area contributed by atoms with Crippen molar-refractivity contribution in [2.24, 2.45) is 0 Å². The van der Waals surface area contributed by atoms with E-state index in [1.165, 1.54) is 107 Å². The summed E-state index contributed by atoms with van der Waals surface area (Å²) < 4.78 is 4.01. The lowest BCUT2D eigenvalue weighted by molar-refractivity contribution is 0.771. The van der Waals surface area contributed by atoms with Crippen LogP contribution in [0.3, 0.4) is 0 Å². The third-order valence-corrected chi connectivity index (χ3v) is 14.1. The van der Waals surface area contributed by atoms with Crippen LogP contribution in [0.15, 0.2) is 158 Å². The summed E-state index contributed by atoms with van der Waals surface area (Å²) in [5, 5.41) is 10.5. The molecule has 262 valence electrons. The van der Waals surface area contributed by atoms with Crippen LogP contribution >= 0.6 is 22.7 Å². The molecule has 0 amide bonds. The molecule has 3 aromatic heterocycles. The molecule has 0 N–H and O–H groups in total. The Morgan fingerprint density at radius 3 is 2.31 bits per heavy atom. The molecule has 3 heteroatoms. The molecule has 55 heavy (non-hydrogen) atoms. The highest BCUT2D eigenvalue weighted by Gasteiger charge is 2.35. The predicted molar refractivity (Wildman–Crippen MR) is 240 cm³/mol. The molecule has 1 aliphatic rings. The first kappa shape index (κ1) is 32.6. The Labute approximate surface area is 328 Å². The van der Waals surface area contributed by atoms with Gasteiger partial charge in [0.2, 0.25) is 0 Å². The molecule has 1 atom stereocenters. The molecule has 0 aliphatic heterocycles. The number of hydrogen-bond donors (Lipinski definition) is 0. The van der Waals surface area contributed by atoms with E-state index in [9.17, 15) is 0 Å². The van der Waals surface area contributed by atoms with Crippen molar-refractivity contribution < 1.29 is 0 Å². The molecule has 10 aromatic rings. The number of pyridine rings is 1. The van der Waals surface area contributed by atoms with Crippen molar-refractivity contribution in [3.63, 3.8) is 0 Å². The van der Waals surface area contributed by atoms with E-state index >= 15 is 0 Å². The van der Waals surface area contributed by atoms with E-state index in [0.717, 1.165) is 17.7 Å². The number of fused-ring (bicyclic) bond motifs is 15. The Morgan fingerprint density at radius 1 is 0.691 bits per heavy atom. The van der Waals surface area contributed by atoms with Gasteiger partial charge >= 0.3 is 0 Å². The standard InChI is InChI=1S/C52H37NS2/c1-3-33(20-14-18-32-16-5-4-6-17-32)41-30-42-36-22-11-12-26-44(36)55-52(42)53-50(41)43-29-40-31(2)15-13-25-39(40)46-37-23-9-10-24-38(37)48-47-35-21-8-7-19-34(35)27-28-45(47)54-51(48)49(43)46/h3-17,19-28,30,43H,18,29H2,1-2H3/b20-14-,33-3+. The first-order chi connectivity index (χ1) is 27.2. The molecule has 3 heterocycles. The zero-order chi connectivity index (χ0) is 36.6. The minimum absolute atomic E-state index is 0.0529. The van der Waals surface area contributed by atoms with Crippen LogP contribution in [-0.2, 0) is 12.8 Å². The topological polar surface area (TPSA) is 12.9 Å². The summed E-state index contributed by atoms with van der Waals surface area (Å²) in [7, 11) is 0. The van der Waals surface area contributed by atoms with Crippen molar-refractivity contribution in [3.05, 3.63) is 191 Å². The maximum Gasteiger partial charge on any atom is 0.124 e. The lowest BCUT2D eigenvalue weighted by Gasteiger charge is -2.32. The molecule has 0 saturated heterocycles. The second-order valence-corrected chi connectivity index (χ2v) is 16.9. The first-order valence-electron chi connectivity index (χ1n) is 19.2. The minimum Gasteiger partial charge on any atom is -0.241 e. The van der Waals surface area contributed by atoms with Crippen LogP contribution in [0.5, 0.6) is 0 Å². The fourth-order valence-electron chi connectivity index (χ4n) is 9.30. The third-order valence-electron chi connectivity index (χ3n) is 11.8. The van der Waals surface area contributed by atoms with Gasteiger partial charge in [-0.25, -0.2) is 4.98 Å². The number of thiophene rings is 2. The summed E-state index contributed by atoms with van der Waals surface area (Å²) in [6.07, 6.45) is 8.72. The van der Waals surface area contributed by atoms with Gasteiger partial charge in [0.1, 0.15) is 4.83 Å². The second-order valence-electron chi connectivity index (χ2n) is 14.9. The Balaban J connectivity index is 1.25. The normalized spacial score (nSPS) is 14.6. The SMILES string of the molecule is C/C=C(\C=C/Cc1ccccc1)c1cc2c(nc1C1Cc3c(C)cccc3-c3c1c1sc4ccc5ccccc5c4c1c1ccccc31)sc1ccccc12. The van der Waals surface area contributed by atoms with Crippen LogP contribution in [-0.4, -0.2) is 4.98 Å². The summed E-state index contributed by atoms with van der Waals surface area (Å²) in [4.78, 5) is 6.92. The molecular formula is C52H37NS2. The molecule has 0 bridgehead atoms. The zero-order valence-corrected chi connectivity index (χ0v) is 32.4. The van der Waals surface area contributed by atoms with Crippen molar-refractivity contribution in [2.75, 3.05) is 0 Å². The van der Waals surface area contributed by atoms with Crippen molar-refractivity contribution in [2.45, 2.75) is 32.6 Å². The van der Waals surface area contributed by atoms with E-state index in [0.29, 0.717) is 0 Å². The molecule has 0 fully saturated rings. The van der Waals surface area contributed by atoms with E-state index in [-0.39, 0.29) is 5.92 Å². The van der Waals surface area contributed by atoms with Gasteiger partial charge in [-0.15, -0.1) is 22.7 Å². The van der Waals surface area contributed by atoms with E-state index in [4.69, 9.17) is 4.98 Å². The molecule has 0 radical (unpaired) electrons. The molecule has 0 spiro atoms. The monoisotopic (exact) mass is 739 g/mol. The number of allylic oxidation sites excluding steroid dienone is 4. The van der Waals surface area contributed by atoms with Crippen molar-refractivity contribution in [1.82, 2.24) is 4.98 Å². The van der Waals surface area contributed by atoms with E-state index < -0.39 is 0 Å². The van der Waals surface area contributed by atoms with Crippen LogP contribution in [0.25, 0.3) is 78.7 Å². The second kappa shape index (κ2) is 12.9. The van der Waals surface area contributed by atoms with Gasteiger partial charge in [-0.3, -0.25) is 0 Å².